The summed E-state index contributed by atoms with van der Waals surface area (Å²) in [5.41, 5.74) is 3.34. The number of aromatic nitrogens is 2. The molecule has 1 N–H and O–H groups in total. The lowest BCUT2D eigenvalue weighted by Crippen LogP contribution is -2.28. The highest BCUT2D eigenvalue weighted by atomic mass is 19.1. The fourth-order valence-corrected chi connectivity index (χ4v) is 3.12. The summed E-state index contributed by atoms with van der Waals surface area (Å²) in [5, 5.41) is 7.34. The average molecular weight is 397 g/mol. The molecule has 0 atom stereocenters. The number of nitrogens with one attached hydrogen (secondary N) is 1. The SMILES string of the molecule is Cc1nn(-c2ccc(F)cc2)c(C)c1CNC(=O)COc1ccc2c(c1)OCO2. The van der Waals surface area contributed by atoms with Gasteiger partial charge >= 0.3 is 0 Å². The highest BCUT2D eigenvalue weighted by molar-refractivity contribution is 5.77. The Labute approximate surface area is 167 Å². The van der Waals surface area contributed by atoms with Gasteiger partial charge in [0.25, 0.3) is 5.91 Å². The van der Waals surface area contributed by atoms with E-state index in [2.05, 4.69) is 10.4 Å². The van der Waals surface area contributed by atoms with Gasteiger partial charge in [-0.05, 0) is 50.2 Å². The number of rotatable bonds is 6. The van der Waals surface area contributed by atoms with Crippen LogP contribution in [0.2, 0.25) is 0 Å². The summed E-state index contributed by atoms with van der Waals surface area (Å²) in [6.07, 6.45) is 0. The molecule has 0 radical (unpaired) electrons. The number of carbonyl (C=O) groups excluding carboxylic acids is 1. The summed E-state index contributed by atoms with van der Waals surface area (Å²) >= 11 is 0. The van der Waals surface area contributed by atoms with Crippen LogP contribution in [-0.2, 0) is 11.3 Å². The van der Waals surface area contributed by atoms with Crippen molar-refractivity contribution in [3.63, 3.8) is 0 Å². The third-order valence-corrected chi connectivity index (χ3v) is 4.69. The van der Waals surface area contributed by atoms with E-state index in [-0.39, 0.29) is 25.1 Å². The number of hydrogen-bond acceptors (Lipinski definition) is 5. The van der Waals surface area contributed by atoms with E-state index in [1.54, 1.807) is 35.0 Å². The first-order chi connectivity index (χ1) is 14.0. The lowest BCUT2D eigenvalue weighted by Gasteiger charge is -2.09. The number of carbonyl (C=O) groups is 1. The standard InChI is InChI=1S/C21H20FN3O4/c1-13-18(14(2)25(24-13)16-5-3-15(22)4-6-16)10-23-21(26)11-27-17-7-8-19-20(9-17)29-12-28-19/h3-9H,10-12H2,1-2H3,(H,23,26). The van der Waals surface area contributed by atoms with E-state index in [1.807, 2.05) is 13.8 Å². The fourth-order valence-electron chi connectivity index (χ4n) is 3.12. The number of hydrogen-bond donors (Lipinski definition) is 1. The Balaban J connectivity index is 1.36. The molecule has 0 aliphatic carbocycles. The van der Waals surface area contributed by atoms with Crippen LogP contribution in [0.25, 0.3) is 5.69 Å². The first-order valence-electron chi connectivity index (χ1n) is 9.11. The first-order valence-corrected chi connectivity index (χ1v) is 9.11. The molecule has 2 heterocycles. The highest BCUT2D eigenvalue weighted by Gasteiger charge is 2.16. The predicted octanol–water partition coefficient (Wildman–Crippen LogP) is 3.05. The molecular formula is C21H20FN3O4. The van der Waals surface area contributed by atoms with E-state index >= 15 is 0 Å². The molecule has 0 unspecified atom stereocenters. The number of nitrogens with zero attached hydrogens (tertiary/aromatic N) is 2. The molecule has 0 bridgehead atoms. The maximum Gasteiger partial charge on any atom is 0.258 e. The van der Waals surface area contributed by atoms with Gasteiger partial charge in [-0.2, -0.15) is 5.10 Å². The highest BCUT2D eigenvalue weighted by Crippen LogP contribution is 2.35. The quantitative estimate of drug-likeness (QED) is 0.692. The molecule has 0 fully saturated rings. The Morgan fingerprint density at radius 2 is 1.93 bits per heavy atom. The second kappa shape index (κ2) is 7.83. The summed E-state index contributed by atoms with van der Waals surface area (Å²) in [7, 11) is 0. The summed E-state index contributed by atoms with van der Waals surface area (Å²) in [5.74, 6) is 1.23. The molecule has 2 aromatic carbocycles. The normalized spacial score (nSPS) is 12.1. The second-order valence-electron chi connectivity index (χ2n) is 6.62. The summed E-state index contributed by atoms with van der Waals surface area (Å²) < 4.78 is 30.9. The number of halogens is 1. The maximum atomic E-state index is 13.2. The van der Waals surface area contributed by atoms with Gasteiger partial charge in [0.15, 0.2) is 18.1 Å². The van der Waals surface area contributed by atoms with Gasteiger partial charge in [-0.1, -0.05) is 0 Å². The van der Waals surface area contributed by atoms with Crippen LogP contribution < -0.4 is 19.5 Å². The van der Waals surface area contributed by atoms with E-state index in [1.165, 1.54) is 12.1 Å². The van der Waals surface area contributed by atoms with E-state index in [0.717, 1.165) is 22.6 Å². The Morgan fingerprint density at radius 1 is 1.17 bits per heavy atom. The minimum absolute atomic E-state index is 0.121. The van der Waals surface area contributed by atoms with Crippen molar-refractivity contribution in [3.05, 3.63) is 65.2 Å². The van der Waals surface area contributed by atoms with Gasteiger partial charge in [0.1, 0.15) is 11.6 Å². The molecule has 4 rings (SSSR count). The lowest BCUT2D eigenvalue weighted by molar-refractivity contribution is -0.123. The van der Waals surface area contributed by atoms with Crippen LogP contribution >= 0.6 is 0 Å². The van der Waals surface area contributed by atoms with Gasteiger partial charge in [-0.15, -0.1) is 0 Å². The molecule has 0 saturated heterocycles. The fraction of sp³-hybridized carbons (Fsp3) is 0.238. The van der Waals surface area contributed by atoms with E-state index in [4.69, 9.17) is 14.2 Å². The van der Waals surface area contributed by atoms with Crippen LogP contribution in [0.1, 0.15) is 17.0 Å². The molecule has 0 saturated carbocycles. The first kappa shape index (κ1) is 18.8. The minimum atomic E-state index is -0.301. The van der Waals surface area contributed by atoms with Crippen molar-refractivity contribution < 1.29 is 23.4 Å². The Bertz CT molecular complexity index is 1050. The van der Waals surface area contributed by atoms with Crippen LogP contribution in [0.4, 0.5) is 4.39 Å². The van der Waals surface area contributed by atoms with Gasteiger partial charge in [0, 0.05) is 23.9 Å². The Morgan fingerprint density at radius 3 is 2.72 bits per heavy atom. The zero-order valence-corrected chi connectivity index (χ0v) is 16.1. The summed E-state index contributed by atoms with van der Waals surface area (Å²) in [6, 6.07) is 11.3. The third-order valence-electron chi connectivity index (χ3n) is 4.69. The van der Waals surface area contributed by atoms with E-state index < -0.39 is 0 Å². The third kappa shape index (κ3) is 4.01. The van der Waals surface area contributed by atoms with E-state index in [9.17, 15) is 9.18 Å². The molecule has 1 aliphatic heterocycles. The minimum Gasteiger partial charge on any atom is -0.484 e. The molecule has 0 spiro atoms. The zero-order chi connectivity index (χ0) is 20.4. The second-order valence-corrected chi connectivity index (χ2v) is 6.62. The largest absolute Gasteiger partial charge is 0.484 e. The summed E-state index contributed by atoms with van der Waals surface area (Å²) in [6.45, 7) is 4.17. The molecule has 3 aromatic rings. The monoisotopic (exact) mass is 397 g/mol. The number of fused-ring (bicyclic) bond motifs is 1. The van der Waals surface area contributed by atoms with Gasteiger partial charge in [0.05, 0.1) is 11.4 Å². The van der Waals surface area contributed by atoms with Crippen molar-refractivity contribution in [1.29, 1.82) is 0 Å². The number of ether oxygens (including phenoxy) is 3. The van der Waals surface area contributed by atoms with Crippen LogP contribution in [-0.4, -0.2) is 29.1 Å². The van der Waals surface area contributed by atoms with Crippen LogP contribution in [0.15, 0.2) is 42.5 Å². The smallest absolute Gasteiger partial charge is 0.258 e. The molecule has 1 aromatic heterocycles. The van der Waals surface area contributed by atoms with E-state index in [0.29, 0.717) is 23.8 Å². The van der Waals surface area contributed by atoms with Crippen LogP contribution in [0.5, 0.6) is 17.2 Å². The molecule has 8 heteroatoms. The van der Waals surface area contributed by atoms with Crippen molar-refractivity contribution in [2.75, 3.05) is 13.4 Å². The van der Waals surface area contributed by atoms with Crippen molar-refractivity contribution in [2.24, 2.45) is 0 Å². The van der Waals surface area contributed by atoms with Crippen LogP contribution in [0, 0.1) is 19.7 Å². The number of aryl methyl sites for hydroxylation is 1. The summed E-state index contributed by atoms with van der Waals surface area (Å²) in [4.78, 5) is 12.2. The Hall–Kier alpha value is -3.55. The van der Waals surface area contributed by atoms with Gasteiger partial charge < -0.3 is 19.5 Å². The van der Waals surface area contributed by atoms with Gasteiger partial charge in [-0.3, -0.25) is 4.79 Å². The molecule has 1 aliphatic rings. The molecular weight excluding hydrogens is 377 g/mol. The zero-order valence-electron chi connectivity index (χ0n) is 16.1. The maximum absolute atomic E-state index is 13.2. The number of benzene rings is 2. The molecule has 7 nitrogen and oxygen atoms in total. The Kier molecular flexibility index (Phi) is 5.07. The van der Waals surface area contributed by atoms with Crippen molar-refractivity contribution in [3.8, 4) is 22.9 Å². The van der Waals surface area contributed by atoms with Crippen LogP contribution in [0.3, 0.4) is 0 Å². The molecule has 29 heavy (non-hydrogen) atoms. The lowest BCUT2D eigenvalue weighted by atomic mass is 10.2. The average Bonchev–Trinajstić information content (AvgIpc) is 3.29. The van der Waals surface area contributed by atoms with Crippen molar-refractivity contribution in [2.45, 2.75) is 20.4 Å². The number of amides is 1. The van der Waals surface area contributed by atoms with Gasteiger partial charge in [0.2, 0.25) is 6.79 Å². The van der Waals surface area contributed by atoms with Crippen molar-refractivity contribution >= 4 is 5.91 Å². The van der Waals surface area contributed by atoms with Crippen molar-refractivity contribution in [1.82, 2.24) is 15.1 Å². The molecule has 150 valence electrons. The van der Waals surface area contributed by atoms with Gasteiger partial charge in [-0.25, -0.2) is 9.07 Å². The molecule has 1 amide bonds. The topological polar surface area (TPSA) is 74.6 Å². The predicted molar refractivity (Wildman–Crippen MR) is 103 cm³/mol.